The number of nitrogens with zero attached hydrogens (tertiary/aromatic N) is 4. The summed E-state index contributed by atoms with van der Waals surface area (Å²) < 4.78 is 2.19. The predicted octanol–water partition coefficient (Wildman–Crippen LogP) is 2.48. The van der Waals surface area contributed by atoms with Crippen molar-refractivity contribution in [3.63, 3.8) is 0 Å². The maximum atomic E-state index is 4.34. The molecule has 0 spiro atoms. The van der Waals surface area contributed by atoms with Crippen molar-refractivity contribution in [1.82, 2.24) is 19.7 Å². The van der Waals surface area contributed by atoms with Crippen LogP contribution in [-0.4, -0.2) is 31.7 Å². The molecular formula is C13H24N4. The quantitative estimate of drug-likeness (QED) is 0.694. The molecule has 1 aliphatic rings. The average molecular weight is 236 g/mol. The Morgan fingerprint density at radius 1 is 1.12 bits per heavy atom. The molecule has 0 fully saturated rings. The Bertz CT molecular complexity index is 394. The Labute approximate surface area is 104 Å². The molecule has 1 aromatic heterocycles. The zero-order valence-electron chi connectivity index (χ0n) is 11.9. The van der Waals surface area contributed by atoms with Crippen LogP contribution in [0, 0.1) is 5.41 Å². The molecule has 4 nitrogen and oxygen atoms in total. The first kappa shape index (κ1) is 12.6. The topological polar surface area (TPSA) is 34.0 Å². The second kappa shape index (κ2) is 3.80. The van der Waals surface area contributed by atoms with Gasteiger partial charge in [-0.05, 0) is 26.2 Å². The van der Waals surface area contributed by atoms with E-state index in [2.05, 4.69) is 61.2 Å². The summed E-state index contributed by atoms with van der Waals surface area (Å²) in [5.74, 6) is 1.11. The van der Waals surface area contributed by atoms with Crippen LogP contribution in [0.2, 0.25) is 0 Å². The molecule has 96 valence electrons. The third-order valence-electron chi connectivity index (χ3n) is 3.47. The van der Waals surface area contributed by atoms with Crippen LogP contribution >= 0.6 is 0 Å². The van der Waals surface area contributed by atoms with Crippen molar-refractivity contribution in [1.29, 1.82) is 0 Å². The van der Waals surface area contributed by atoms with E-state index < -0.39 is 0 Å². The van der Waals surface area contributed by atoms with Crippen molar-refractivity contribution in [2.45, 2.75) is 59.7 Å². The third kappa shape index (κ3) is 2.23. The van der Waals surface area contributed by atoms with E-state index in [4.69, 9.17) is 0 Å². The van der Waals surface area contributed by atoms with Gasteiger partial charge in [-0.15, -0.1) is 10.2 Å². The molecular weight excluding hydrogens is 212 g/mol. The van der Waals surface area contributed by atoms with Crippen LogP contribution in [0.3, 0.4) is 0 Å². The van der Waals surface area contributed by atoms with Crippen molar-refractivity contribution in [3.05, 3.63) is 12.2 Å². The van der Waals surface area contributed by atoms with E-state index in [-0.39, 0.29) is 11.0 Å². The number of fused-ring (bicyclic) bond motifs is 1. The summed E-state index contributed by atoms with van der Waals surface area (Å²) >= 11 is 0. The van der Waals surface area contributed by atoms with Gasteiger partial charge in [0.05, 0.1) is 6.04 Å². The van der Waals surface area contributed by atoms with Gasteiger partial charge in [-0.25, -0.2) is 0 Å². The minimum Gasteiger partial charge on any atom is -0.315 e. The van der Waals surface area contributed by atoms with Gasteiger partial charge in [0.15, 0.2) is 5.82 Å². The van der Waals surface area contributed by atoms with Crippen LogP contribution in [0.25, 0.3) is 0 Å². The second-order valence-electron chi connectivity index (χ2n) is 7.02. The molecule has 4 heteroatoms. The van der Waals surface area contributed by atoms with Crippen LogP contribution in [-0.2, 0) is 6.54 Å². The second-order valence-corrected chi connectivity index (χ2v) is 7.02. The fourth-order valence-corrected chi connectivity index (χ4v) is 2.71. The molecule has 1 aliphatic heterocycles. The van der Waals surface area contributed by atoms with Crippen LogP contribution in [0.1, 0.15) is 53.4 Å². The van der Waals surface area contributed by atoms with E-state index in [1.807, 2.05) is 6.33 Å². The van der Waals surface area contributed by atoms with Gasteiger partial charge in [-0.2, -0.15) is 0 Å². The molecule has 2 rings (SSSR count). The minimum atomic E-state index is 0.162. The summed E-state index contributed by atoms with van der Waals surface area (Å²) in [4.78, 5) is 2.55. The lowest BCUT2D eigenvalue weighted by Gasteiger charge is -2.49. The highest BCUT2D eigenvalue weighted by atomic mass is 15.4. The average Bonchev–Trinajstić information content (AvgIpc) is 2.59. The predicted molar refractivity (Wildman–Crippen MR) is 68.7 cm³/mol. The summed E-state index contributed by atoms with van der Waals surface area (Å²) in [5.41, 5.74) is 0.327. The molecule has 0 amide bonds. The number of rotatable bonds is 0. The Morgan fingerprint density at radius 2 is 1.76 bits per heavy atom. The molecule has 0 radical (unpaired) electrons. The van der Waals surface area contributed by atoms with E-state index in [1.165, 1.54) is 0 Å². The largest absolute Gasteiger partial charge is 0.315 e. The highest BCUT2D eigenvalue weighted by Crippen LogP contribution is 2.42. The first-order valence-corrected chi connectivity index (χ1v) is 6.36. The molecule has 2 heterocycles. The van der Waals surface area contributed by atoms with Crippen LogP contribution < -0.4 is 0 Å². The zero-order chi connectivity index (χ0) is 12.8. The molecule has 0 aliphatic carbocycles. The van der Waals surface area contributed by atoms with Gasteiger partial charge in [0.2, 0.25) is 0 Å². The molecule has 0 N–H and O–H groups in total. The lowest BCUT2D eigenvalue weighted by molar-refractivity contribution is -0.00425. The van der Waals surface area contributed by atoms with E-state index in [0.717, 1.165) is 18.9 Å². The molecule has 1 aromatic rings. The van der Waals surface area contributed by atoms with Gasteiger partial charge in [-0.3, -0.25) is 4.90 Å². The smallest absolute Gasteiger partial charge is 0.150 e. The summed E-state index contributed by atoms with van der Waals surface area (Å²) in [6.07, 6.45) is 1.86. The van der Waals surface area contributed by atoms with Crippen LogP contribution in [0.5, 0.6) is 0 Å². The highest BCUT2D eigenvalue weighted by Gasteiger charge is 2.42. The van der Waals surface area contributed by atoms with E-state index in [1.54, 1.807) is 0 Å². The van der Waals surface area contributed by atoms with Crippen molar-refractivity contribution >= 4 is 0 Å². The molecule has 0 bridgehead atoms. The minimum absolute atomic E-state index is 0.162. The van der Waals surface area contributed by atoms with Gasteiger partial charge in [0.25, 0.3) is 0 Å². The summed E-state index contributed by atoms with van der Waals surface area (Å²) in [6.45, 7) is 15.7. The van der Waals surface area contributed by atoms with E-state index >= 15 is 0 Å². The third-order valence-corrected chi connectivity index (χ3v) is 3.47. The summed E-state index contributed by atoms with van der Waals surface area (Å²) in [5, 5.41) is 8.41. The van der Waals surface area contributed by atoms with Crippen molar-refractivity contribution in [3.8, 4) is 0 Å². The number of hydrogen-bond donors (Lipinski definition) is 0. The van der Waals surface area contributed by atoms with Gasteiger partial charge < -0.3 is 4.57 Å². The highest BCUT2D eigenvalue weighted by molar-refractivity contribution is 5.06. The Hall–Kier alpha value is -0.900. The molecule has 0 saturated heterocycles. The molecule has 0 aromatic carbocycles. The Morgan fingerprint density at radius 3 is 2.29 bits per heavy atom. The first-order valence-electron chi connectivity index (χ1n) is 6.36. The van der Waals surface area contributed by atoms with Gasteiger partial charge >= 0.3 is 0 Å². The van der Waals surface area contributed by atoms with Crippen molar-refractivity contribution < 1.29 is 0 Å². The fourth-order valence-electron chi connectivity index (χ4n) is 2.71. The van der Waals surface area contributed by atoms with Gasteiger partial charge in [0, 0.05) is 18.6 Å². The molecule has 17 heavy (non-hydrogen) atoms. The van der Waals surface area contributed by atoms with Crippen molar-refractivity contribution in [2.24, 2.45) is 5.41 Å². The van der Waals surface area contributed by atoms with Crippen molar-refractivity contribution in [2.75, 3.05) is 6.54 Å². The SMILES string of the molecule is CC(C)(C)C1c2nncn2CCN1C(C)(C)C. The number of aromatic nitrogens is 3. The normalized spacial score (nSPS) is 22.6. The molecule has 1 unspecified atom stereocenters. The lowest BCUT2D eigenvalue weighted by Crippen LogP contribution is -2.52. The standard InChI is InChI=1S/C13H24N4/c1-12(2,3)10-11-15-14-9-16(11)7-8-17(10)13(4,5)6/h9-10H,7-8H2,1-6H3. The zero-order valence-corrected chi connectivity index (χ0v) is 11.9. The van der Waals surface area contributed by atoms with E-state index in [9.17, 15) is 0 Å². The summed E-state index contributed by atoms with van der Waals surface area (Å²) in [7, 11) is 0. The van der Waals surface area contributed by atoms with E-state index in [0.29, 0.717) is 6.04 Å². The van der Waals surface area contributed by atoms with Gasteiger partial charge in [0.1, 0.15) is 6.33 Å². The summed E-state index contributed by atoms with van der Waals surface area (Å²) in [6, 6.07) is 0.332. The Balaban J connectivity index is 2.46. The Kier molecular flexibility index (Phi) is 2.81. The number of hydrogen-bond acceptors (Lipinski definition) is 3. The van der Waals surface area contributed by atoms with Crippen LogP contribution in [0.4, 0.5) is 0 Å². The first-order chi connectivity index (χ1) is 7.71. The van der Waals surface area contributed by atoms with Gasteiger partial charge in [-0.1, -0.05) is 20.8 Å². The monoisotopic (exact) mass is 236 g/mol. The molecule has 0 saturated carbocycles. The maximum Gasteiger partial charge on any atom is 0.150 e. The lowest BCUT2D eigenvalue weighted by atomic mass is 9.82. The van der Waals surface area contributed by atoms with Crippen LogP contribution in [0.15, 0.2) is 6.33 Å². The fraction of sp³-hybridized carbons (Fsp3) is 0.846. The maximum absolute atomic E-state index is 4.34. The molecule has 1 atom stereocenters.